The third-order valence-corrected chi connectivity index (χ3v) is 1.91. The Kier molecular flexibility index (Phi) is 1.30. The minimum absolute atomic E-state index is 0.808. The van der Waals surface area contributed by atoms with Gasteiger partial charge in [-0.05, 0) is 22.6 Å². The maximum absolute atomic E-state index is 4.04. The van der Waals surface area contributed by atoms with Crippen LogP contribution in [0.1, 0.15) is 0 Å². The Morgan fingerprint density at radius 3 is 3.10 bits per heavy atom. The average molecular weight is 246 g/mol. The Morgan fingerprint density at radius 1 is 1.40 bits per heavy atom. The molecule has 0 aliphatic carbocycles. The van der Waals surface area contributed by atoms with E-state index in [0.717, 1.165) is 9.35 Å². The number of hydrogen-bond acceptors (Lipinski definition) is 3. The van der Waals surface area contributed by atoms with Crippen molar-refractivity contribution >= 4 is 28.2 Å². The quantitative estimate of drug-likeness (QED) is 0.643. The van der Waals surface area contributed by atoms with Gasteiger partial charge in [-0.3, -0.25) is 0 Å². The summed E-state index contributed by atoms with van der Waals surface area (Å²) in [5, 5.41) is 3.94. The molecule has 0 unspecified atom stereocenters. The van der Waals surface area contributed by atoms with Crippen LogP contribution in [0.5, 0.6) is 0 Å². The van der Waals surface area contributed by atoms with Crippen molar-refractivity contribution in [3.05, 3.63) is 22.4 Å². The molecule has 0 fully saturated rings. The number of fused-ring (bicyclic) bond motifs is 1. The molecule has 0 radical (unpaired) electrons. The topological polar surface area (TPSA) is 43.1 Å². The van der Waals surface area contributed by atoms with Gasteiger partial charge in [0.25, 0.3) is 0 Å². The summed E-state index contributed by atoms with van der Waals surface area (Å²) in [7, 11) is 0. The molecule has 0 atom stereocenters. The molecule has 4 nitrogen and oxygen atoms in total. The highest BCUT2D eigenvalue weighted by Gasteiger charge is 1.97. The summed E-state index contributed by atoms with van der Waals surface area (Å²) >= 11 is 2.12. The van der Waals surface area contributed by atoms with Crippen molar-refractivity contribution in [1.82, 2.24) is 19.6 Å². The van der Waals surface area contributed by atoms with Crippen molar-refractivity contribution in [2.75, 3.05) is 0 Å². The van der Waals surface area contributed by atoms with Gasteiger partial charge in [0.05, 0.1) is 0 Å². The van der Waals surface area contributed by atoms with Crippen molar-refractivity contribution in [3.63, 3.8) is 0 Å². The minimum Gasteiger partial charge on any atom is -0.245 e. The lowest BCUT2D eigenvalue weighted by atomic mass is 10.7. The molecule has 0 aliphatic rings. The number of nitrogens with zero attached hydrogens (tertiary/aromatic N) is 4. The maximum atomic E-state index is 4.04. The fraction of sp³-hybridized carbons (Fsp3) is 0. The SMILES string of the molecule is Ic1nccn2ncnc12. The molecule has 0 spiro atoms. The maximum Gasteiger partial charge on any atom is 0.187 e. The summed E-state index contributed by atoms with van der Waals surface area (Å²) in [5.74, 6) is 0. The van der Waals surface area contributed by atoms with Crippen LogP contribution in [0.2, 0.25) is 0 Å². The predicted molar refractivity (Wildman–Crippen MR) is 43.5 cm³/mol. The Morgan fingerprint density at radius 2 is 2.30 bits per heavy atom. The average Bonchev–Trinajstić information content (AvgIpc) is 2.36. The summed E-state index contributed by atoms with van der Waals surface area (Å²) in [6, 6.07) is 0. The van der Waals surface area contributed by atoms with Crippen molar-refractivity contribution < 1.29 is 0 Å². The third-order valence-electron chi connectivity index (χ3n) is 1.15. The Labute approximate surface area is 70.4 Å². The first-order valence-corrected chi connectivity index (χ1v) is 3.75. The van der Waals surface area contributed by atoms with Crippen molar-refractivity contribution in [2.45, 2.75) is 0 Å². The van der Waals surface area contributed by atoms with E-state index in [0.29, 0.717) is 0 Å². The molecule has 0 aromatic carbocycles. The van der Waals surface area contributed by atoms with Gasteiger partial charge in [-0.2, -0.15) is 5.10 Å². The van der Waals surface area contributed by atoms with Gasteiger partial charge in [0.2, 0.25) is 0 Å². The summed E-state index contributed by atoms with van der Waals surface area (Å²) in [6.45, 7) is 0. The van der Waals surface area contributed by atoms with Crippen LogP contribution >= 0.6 is 22.6 Å². The predicted octanol–water partition coefficient (Wildman–Crippen LogP) is 0.729. The second-order valence-corrected chi connectivity index (χ2v) is 2.77. The molecule has 2 aromatic rings. The summed E-state index contributed by atoms with van der Waals surface area (Å²) in [4.78, 5) is 8.04. The molecule has 2 heterocycles. The zero-order valence-electron chi connectivity index (χ0n) is 4.90. The van der Waals surface area contributed by atoms with E-state index in [9.17, 15) is 0 Å². The van der Waals surface area contributed by atoms with Gasteiger partial charge in [0.15, 0.2) is 5.65 Å². The van der Waals surface area contributed by atoms with Crippen LogP contribution in [0.3, 0.4) is 0 Å². The van der Waals surface area contributed by atoms with E-state index in [1.165, 1.54) is 6.33 Å². The number of rotatable bonds is 0. The lowest BCUT2D eigenvalue weighted by molar-refractivity contribution is 0.939. The van der Waals surface area contributed by atoms with Gasteiger partial charge < -0.3 is 0 Å². The lowest BCUT2D eigenvalue weighted by Gasteiger charge is -1.89. The fourth-order valence-corrected chi connectivity index (χ4v) is 1.27. The first-order valence-electron chi connectivity index (χ1n) is 2.68. The smallest absolute Gasteiger partial charge is 0.187 e. The van der Waals surface area contributed by atoms with Crippen molar-refractivity contribution in [1.29, 1.82) is 0 Å². The van der Waals surface area contributed by atoms with Gasteiger partial charge in [0, 0.05) is 12.4 Å². The molecule has 2 rings (SSSR count). The van der Waals surface area contributed by atoms with Crippen LogP contribution in [-0.2, 0) is 0 Å². The number of aromatic nitrogens is 4. The van der Waals surface area contributed by atoms with Crippen LogP contribution in [0.15, 0.2) is 18.7 Å². The molecule has 5 heteroatoms. The van der Waals surface area contributed by atoms with E-state index >= 15 is 0 Å². The largest absolute Gasteiger partial charge is 0.245 e. The fourth-order valence-electron chi connectivity index (χ4n) is 0.727. The van der Waals surface area contributed by atoms with E-state index in [-0.39, 0.29) is 0 Å². The highest BCUT2D eigenvalue weighted by molar-refractivity contribution is 14.1. The molecule has 0 amide bonds. The highest BCUT2D eigenvalue weighted by Crippen LogP contribution is 2.04. The first kappa shape index (κ1) is 6.02. The van der Waals surface area contributed by atoms with Crippen LogP contribution in [0, 0.1) is 3.70 Å². The van der Waals surface area contributed by atoms with Crippen LogP contribution in [0.4, 0.5) is 0 Å². The van der Waals surface area contributed by atoms with E-state index in [2.05, 4.69) is 37.7 Å². The monoisotopic (exact) mass is 246 g/mol. The standard InChI is InChI=1S/C5H3IN4/c6-4-5-8-3-9-10(5)2-1-7-4/h1-3H. The molecule has 0 bridgehead atoms. The minimum atomic E-state index is 0.808. The molecule has 0 saturated heterocycles. The van der Waals surface area contributed by atoms with Gasteiger partial charge in [-0.25, -0.2) is 14.5 Å². The van der Waals surface area contributed by atoms with Crippen molar-refractivity contribution in [2.24, 2.45) is 0 Å². The third kappa shape index (κ3) is 0.772. The highest BCUT2D eigenvalue weighted by atomic mass is 127. The summed E-state index contributed by atoms with van der Waals surface area (Å²) in [6.07, 6.45) is 4.98. The van der Waals surface area contributed by atoms with Gasteiger partial charge in [-0.1, -0.05) is 0 Å². The summed E-state index contributed by atoms with van der Waals surface area (Å²) < 4.78 is 2.56. The van der Waals surface area contributed by atoms with E-state index in [4.69, 9.17) is 0 Å². The molecule has 10 heavy (non-hydrogen) atoms. The molecule has 0 aliphatic heterocycles. The van der Waals surface area contributed by atoms with Gasteiger partial charge >= 0.3 is 0 Å². The van der Waals surface area contributed by atoms with Gasteiger partial charge in [-0.15, -0.1) is 0 Å². The second-order valence-electron chi connectivity index (χ2n) is 1.75. The normalized spacial score (nSPS) is 10.5. The second kappa shape index (κ2) is 2.15. The molecule has 0 saturated carbocycles. The molecule has 50 valence electrons. The van der Waals surface area contributed by atoms with Gasteiger partial charge in [0.1, 0.15) is 10.0 Å². The molecular weight excluding hydrogens is 243 g/mol. The first-order chi connectivity index (χ1) is 4.88. The van der Waals surface area contributed by atoms with Crippen LogP contribution < -0.4 is 0 Å². The van der Waals surface area contributed by atoms with E-state index in [1.807, 2.05) is 0 Å². The number of hydrogen-bond donors (Lipinski definition) is 0. The number of halogens is 1. The van der Waals surface area contributed by atoms with Crippen LogP contribution in [-0.4, -0.2) is 19.6 Å². The summed E-state index contributed by atoms with van der Waals surface area (Å²) in [5.41, 5.74) is 0.808. The van der Waals surface area contributed by atoms with E-state index < -0.39 is 0 Å². The lowest BCUT2D eigenvalue weighted by Crippen LogP contribution is -1.90. The zero-order valence-corrected chi connectivity index (χ0v) is 7.06. The van der Waals surface area contributed by atoms with Crippen LogP contribution in [0.25, 0.3) is 5.65 Å². The molecular formula is C5H3IN4. The van der Waals surface area contributed by atoms with Crippen molar-refractivity contribution in [3.8, 4) is 0 Å². The Bertz CT molecular complexity index is 355. The molecule has 2 aromatic heterocycles. The van der Waals surface area contributed by atoms with E-state index in [1.54, 1.807) is 16.9 Å². The Hall–Kier alpha value is -0.720. The zero-order chi connectivity index (χ0) is 6.97. The molecule has 0 N–H and O–H groups in total. The Balaban J connectivity index is 2.95.